The van der Waals surface area contributed by atoms with Gasteiger partial charge in [0.1, 0.15) is 5.82 Å². The first kappa shape index (κ1) is 26.5. The number of nitrogens with one attached hydrogen (secondary N) is 3. The number of pyridine rings is 1. The van der Waals surface area contributed by atoms with Crippen LogP contribution in [-0.4, -0.2) is 29.9 Å². The van der Waals surface area contributed by atoms with E-state index in [4.69, 9.17) is 28.9 Å². The number of aromatic nitrogens is 1. The Balaban J connectivity index is 1.75. The normalized spacial score (nSPS) is 10.6. The zero-order valence-electron chi connectivity index (χ0n) is 19.5. The molecule has 0 saturated carbocycles. The maximum atomic E-state index is 13.2. The smallest absolute Gasteiger partial charge is 0.258 e. The second-order valence-electron chi connectivity index (χ2n) is 8.14. The highest BCUT2D eigenvalue weighted by molar-refractivity contribution is 6.31. The fraction of sp³-hybridized carbons (Fsp3) is 0.269. The van der Waals surface area contributed by atoms with Crippen LogP contribution in [0.25, 0.3) is 0 Å². The number of nitrogens with zero attached hydrogens (tertiary/aromatic N) is 1. The Morgan fingerprint density at radius 1 is 0.829 bits per heavy atom. The number of unbranched alkanes of at least 4 members (excludes halogenated alkanes) is 3. The summed E-state index contributed by atoms with van der Waals surface area (Å²) in [6, 6.07) is 13.5. The van der Waals surface area contributed by atoms with Gasteiger partial charge in [-0.25, -0.2) is 4.98 Å². The van der Waals surface area contributed by atoms with Crippen LogP contribution in [0.5, 0.6) is 0 Å². The van der Waals surface area contributed by atoms with E-state index in [1.54, 1.807) is 30.3 Å². The topological polar surface area (TPSA) is 109 Å². The summed E-state index contributed by atoms with van der Waals surface area (Å²) in [7, 11) is 0. The number of nitrogens with two attached hydrogens (primary N) is 1. The molecule has 0 fully saturated rings. The van der Waals surface area contributed by atoms with E-state index in [0.717, 1.165) is 43.5 Å². The summed E-state index contributed by atoms with van der Waals surface area (Å²) in [4.78, 5) is 30.2. The maximum Gasteiger partial charge on any atom is 0.258 e. The molecule has 0 unspecified atom stereocenters. The van der Waals surface area contributed by atoms with E-state index >= 15 is 0 Å². The van der Waals surface area contributed by atoms with Crippen LogP contribution in [0.15, 0.2) is 54.7 Å². The van der Waals surface area contributed by atoms with Gasteiger partial charge >= 0.3 is 0 Å². The standard InChI is InChI=1S/C26H29Cl2N5O2/c1-17-6-9-20(23(14-17)30-13-5-3-2-4-12-29)25(34)32-22-10-7-18(27)15-21(22)26(35)33-24-11-8-19(28)16-31-24/h6-11,14-16,30H,2-5,12-13,29H2,1H3,(H,32,34)(H,31,33,35). The number of anilines is 3. The Morgan fingerprint density at radius 2 is 1.57 bits per heavy atom. The van der Waals surface area contributed by atoms with Crippen LogP contribution in [0.2, 0.25) is 10.0 Å². The van der Waals surface area contributed by atoms with Gasteiger partial charge in [0.2, 0.25) is 0 Å². The van der Waals surface area contributed by atoms with E-state index in [2.05, 4.69) is 20.9 Å². The first-order valence-corrected chi connectivity index (χ1v) is 12.2. The SMILES string of the molecule is Cc1ccc(C(=O)Nc2ccc(Cl)cc2C(=O)Nc2ccc(Cl)cn2)c(NCCCCCCN)c1. The molecule has 0 atom stereocenters. The second kappa shape index (κ2) is 13.1. The summed E-state index contributed by atoms with van der Waals surface area (Å²) in [5, 5.41) is 9.74. The predicted molar refractivity (Wildman–Crippen MR) is 144 cm³/mol. The molecule has 3 aromatic rings. The van der Waals surface area contributed by atoms with E-state index in [9.17, 15) is 9.59 Å². The Bertz CT molecular complexity index is 1170. The molecule has 2 aromatic carbocycles. The van der Waals surface area contributed by atoms with E-state index in [1.165, 1.54) is 12.3 Å². The van der Waals surface area contributed by atoms with Crippen molar-refractivity contribution in [3.05, 3.63) is 81.5 Å². The zero-order valence-corrected chi connectivity index (χ0v) is 21.0. The van der Waals surface area contributed by atoms with Crippen molar-refractivity contribution in [1.29, 1.82) is 0 Å². The average Bonchev–Trinajstić information content (AvgIpc) is 2.83. The van der Waals surface area contributed by atoms with Crippen molar-refractivity contribution in [3.8, 4) is 0 Å². The third-order valence-corrected chi connectivity index (χ3v) is 5.77. The third kappa shape index (κ3) is 7.96. The molecular weight excluding hydrogens is 485 g/mol. The van der Waals surface area contributed by atoms with E-state index in [1.807, 2.05) is 19.1 Å². The van der Waals surface area contributed by atoms with Crippen LogP contribution < -0.4 is 21.7 Å². The van der Waals surface area contributed by atoms with Crippen molar-refractivity contribution in [2.45, 2.75) is 32.6 Å². The molecular formula is C26H29Cl2N5O2. The minimum absolute atomic E-state index is 0.212. The van der Waals surface area contributed by atoms with Gasteiger partial charge < -0.3 is 21.7 Å². The van der Waals surface area contributed by atoms with Gasteiger partial charge in [-0.15, -0.1) is 0 Å². The largest absolute Gasteiger partial charge is 0.384 e. The predicted octanol–water partition coefficient (Wildman–Crippen LogP) is 6.13. The molecule has 2 amide bonds. The number of hydrogen-bond acceptors (Lipinski definition) is 5. The van der Waals surface area contributed by atoms with Gasteiger partial charge in [-0.05, 0) is 74.3 Å². The molecule has 0 aliphatic heterocycles. The monoisotopic (exact) mass is 513 g/mol. The Labute approximate surface area is 215 Å². The molecule has 1 aromatic heterocycles. The molecule has 5 N–H and O–H groups in total. The number of carbonyl (C=O) groups excluding carboxylic acids is 2. The number of aryl methyl sites for hydroxylation is 1. The minimum atomic E-state index is -0.461. The number of carbonyl (C=O) groups is 2. The van der Waals surface area contributed by atoms with Crippen molar-refractivity contribution < 1.29 is 9.59 Å². The Hall–Kier alpha value is -3.13. The summed E-state index contributed by atoms with van der Waals surface area (Å²) < 4.78 is 0. The van der Waals surface area contributed by atoms with Crippen molar-refractivity contribution in [2.75, 3.05) is 29.0 Å². The molecule has 0 saturated heterocycles. The molecule has 0 spiro atoms. The molecule has 9 heteroatoms. The first-order valence-electron chi connectivity index (χ1n) is 11.5. The molecule has 35 heavy (non-hydrogen) atoms. The number of hydrogen-bond donors (Lipinski definition) is 4. The van der Waals surface area contributed by atoms with Crippen molar-refractivity contribution >= 4 is 52.2 Å². The number of benzene rings is 2. The Kier molecular flexibility index (Phi) is 9.90. The molecule has 0 radical (unpaired) electrons. The van der Waals surface area contributed by atoms with Gasteiger partial charge in [0.05, 0.1) is 21.8 Å². The molecule has 0 aliphatic carbocycles. The average molecular weight is 514 g/mol. The van der Waals surface area contributed by atoms with E-state index in [0.29, 0.717) is 33.7 Å². The van der Waals surface area contributed by atoms with Crippen LogP contribution in [0.1, 0.15) is 52.0 Å². The summed E-state index contributed by atoms with van der Waals surface area (Å²) >= 11 is 12.0. The zero-order chi connectivity index (χ0) is 25.2. The van der Waals surface area contributed by atoms with Crippen LogP contribution >= 0.6 is 23.2 Å². The highest BCUT2D eigenvalue weighted by atomic mass is 35.5. The molecule has 1 heterocycles. The molecule has 7 nitrogen and oxygen atoms in total. The fourth-order valence-corrected chi connectivity index (χ4v) is 3.77. The summed E-state index contributed by atoms with van der Waals surface area (Å²) in [6.45, 7) is 3.42. The van der Waals surface area contributed by atoms with Gasteiger partial charge in [-0.3, -0.25) is 9.59 Å². The van der Waals surface area contributed by atoms with Crippen molar-refractivity contribution in [3.63, 3.8) is 0 Å². The van der Waals surface area contributed by atoms with Gasteiger partial charge in [-0.1, -0.05) is 42.1 Å². The number of rotatable bonds is 11. The van der Waals surface area contributed by atoms with Crippen LogP contribution in [0.3, 0.4) is 0 Å². The van der Waals surface area contributed by atoms with Crippen LogP contribution in [0.4, 0.5) is 17.2 Å². The highest BCUT2D eigenvalue weighted by Gasteiger charge is 2.18. The van der Waals surface area contributed by atoms with Gasteiger partial charge in [0.15, 0.2) is 0 Å². The lowest BCUT2D eigenvalue weighted by atomic mass is 10.1. The van der Waals surface area contributed by atoms with E-state index in [-0.39, 0.29) is 11.5 Å². The molecule has 184 valence electrons. The molecule has 0 aliphatic rings. The molecule has 3 rings (SSSR count). The quantitative estimate of drug-likeness (QED) is 0.230. The summed E-state index contributed by atoms with van der Waals surface area (Å²) in [6.07, 6.45) is 5.59. The lowest BCUT2D eigenvalue weighted by molar-refractivity contribution is 0.102. The maximum absolute atomic E-state index is 13.2. The van der Waals surface area contributed by atoms with Crippen molar-refractivity contribution in [2.24, 2.45) is 5.73 Å². The highest BCUT2D eigenvalue weighted by Crippen LogP contribution is 2.25. The summed E-state index contributed by atoms with van der Waals surface area (Å²) in [5.74, 6) is -0.470. The number of halogens is 2. The van der Waals surface area contributed by atoms with E-state index < -0.39 is 5.91 Å². The van der Waals surface area contributed by atoms with Gasteiger partial charge in [-0.2, -0.15) is 0 Å². The first-order chi connectivity index (χ1) is 16.9. The second-order valence-corrected chi connectivity index (χ2v) is 9.01. The van der Waals surface area contributed by atoms with Gasteiger partial charge in [0.25, 0.3) is 11.8 Å². The minimum Gasteiger partial charge on any atom is -0.384 e. The Morgan fingerprint density at radius 3 is 2.31 bits per heavy atom. The van der Waals surface area contributed by atoms with Crippen LogP contribution in [0, 0.1) is 6.92 Å². The van der Waals surface area contributed by atoms with Crippen LogP contribution in [-0.2, 0) is 0 Å². The lowest BCUT2D eigenvalue weighted by Crippen LogP contribution is -2.20. The third-order valence-electron chi connectivity index (χ3n) is 5.31. The lowest BCUT2D eigenvalue weighted by Gasteiger charge is -2.15. The van der Waals surface area contributed by atoms with Crippen molar-refractivity contribution in [1.82, 2.24) is 4.98 Å². The number of amides is 2. The van der Waals surface area contributed by atoms with Gasteiger partial charge in [0, 0.05) is 23.5 Å². The summed E-state index contributed by atoms with van der Waals surface area (Å²) in [5.41, 5.74) is 8.36. The molecule has 0 bridgehead atoms. The fourth-order valence-electron chi connectivity index (χ4n) is 3.48.